The summed E-state index contributed by atoms with van der Waals surface area (Å²) >= 11 is 0. The molecule has 1 aliphatic heterocycles. The summed E-state index contributed by atoms with van der Waals surface area (Å²) in [7, 11) is 0. The number of carbonyl (C=O) groups excluding carboxylic acids is 2. The van der Waals surface area contributed by atoms with Crippen molar-refractivity contribution in [1.82, 2.24) is 4.90 Å². The fourth-order valence-electron chi connectivity index (χ4n) is 2.95. The fourth-order valence-corrected chi connectivity index (χ4v) is 2.95. The van der Waals surface area contributed by atoms with Gasteiger partial charge in [0.15, 0.2) is 11.5 Å². The van der Waals surface area contributed by atoms with E-state index < -0.39 is 5.91 Å². The first-order valence-electron chi connectivity index (χ1n) is 8.86. The van der Waals surface area contributed by atoms with E-state index in [1.807, 2.05) is 36.1 Å². The molecule has 0 saturated carbocycles. The summed E-state index contributed by atoms with van der Waals surface area (Å²) < 4.78 is 11.7. The number of nitrogens with one attached hydrogen (secondary N) is 1. The van der Waals surface area contributed by atoms with Crippen molar-refractivity contribution in [3.8, 4) is 11.5 Å². The summed E-state index contributed by atoms with van der Waals surface area (Å²) in [6.45, 7) is 3.80. The Morgan fingerprint density at radius 2 is 1.85 bits per heavy atom. The largest absolute Gasteiger partial charge is 0.486 e. The van der Waals surface area contributed by atoms with E-state index in [9.17, 15) is 9.59 Å². The molecule has 0 bridgehead atoms. The molecule has 1 heterocycles. The van der Waals surface area contributed by atoms with Crippen LogP contribution in [0, 0.1) is 0 Å². The van der Waals surface area contributed by atoms with E-state index in [0.29, 0.717) is 31.1 Å². The second-order valence-electron chi connectivity index (χ2n) is 6.28. The topological polar surface area (TPSA) is 93.9 Å². The number of amides is 2. The number of primary amides is 1. The lowest BCUT2D eigenvalue weighted by molar-refractivity contribution is -0.117. The van der Waals surface area contributed by atoms with Crippen LogP contribution in [0.4, 0.5) is 5.69 Å². The van der Waals surface area contributed by atoms with Crippen LogP contribution < -0.4 is 20.5 Å². The van der Waals surface area contributed by atoms with Crippen LogP contribution in [0.5, 0.6) is 11.5 Å². The zero-order valence-corrected chi connectivity index (χ0v) is 15.2. The molecule has 7 heteroatoms. The molecule has 1 atom stereocenters. The monoisotopic (exact) mass is 369 g/mol. The Kier molecular flexibility index (Phi) is 5.93. The minimum atomic E-state index is -0.579. The maximum atomic E-state index is 12.4. The first kappa shape index (κ1) is 18.7. The van der Waals surface area contributed by atoms with Crippen LogP contribution in [-0.4, -0.2) is 49.1 Å². The van der Waals surface area contributed by atoms with Gasteiger partial charge in [-0.25, -0.2) is 0 Å². The van der Waals surface area contributed by atoms with Crippen LogP contribution in [0.1, 0.15) is 17.3 Å². The van der Waals surface area contributed by atoms with Crippen molar-refractivity contribution in [2.24, 2.45) is 5.73 Å². The lowest BCUT2D eigenvalue weighted by Gasteiger charge is -2.30. The van der Waals surface area contributed by atoms with Crippen LogP contribution >= 0.6 is 0 Å². The third kappa shape index (κ3) is 4.77. The number of para-hydroxylation sites is 3. The zero-order valence-electron chi connectivity index (χ0n) is 15.2. The van der Waals surface area contributed by atoms with E-state index in [1.54, 1.807) is 24.3 Å². The predicted molar refractivity (Wildman–Crippen MR) is 102 cm³/mol. The van der Waals surface area contributed by atoms with Gasteiger partial charge in [-0.3, -0.25) is 14.5 Å². The summed E-state index contributed by atoms with van der Waals surface area (Å²) in [6, 6.07) is 14.2. The number of rotatable bonds is 7. The summed E-state index contributed by atoms with van der Waals surface area (Å²) in [5.74, 6) is 0.648. The molecule has 7 nitrogen and oxygen atoms in total. The van der Waals surface area contributed by atoms with Gasteiger partial charge in [-0.1, -0.05) is 31.2 Å². The molecule has 2 aromatic rings. The minimum Gasteiger partial charge on any atom is -0.486 e. The van der Waals surface area contributed by atoms with Gasteiger partial charge in [-0.2, -0.15) is 0 Å². The number of nitrogens with two attached hydrogens (primary N) is 1. The Bertz CT molecular complexity index is 824. The van der Waals surface area contributed by atoms with Gasteiger partial charge in [0.2, 0.25) is 5.91 Å². The summed E-state index contributed by atoms with van der Waals surface area (Å²) in [5, 5.41) is 2.76. The number of hydrogen-bond acceptors (Lipinski definition) is 5. The summed E-state index contributed by atoms with van der Waals surface area (Å²) in [6.07, 6.45) is -0.162. The Balaban J connectivity index is 1.58. The lowest BCUT2D eigenvalue weighted by atomic mass is 10.1. The van der Waals surface area contributed by atoms with Crippen LogP contribution in [0.2, 0.25) is 0 Å². The first-order valence-corrected chi connectivity index (χ1v) is 8.86. The number of benzene rings is 2. The molecule has 3 rings (SSSR count). The van der Waals surface area contributed by atoms with E-state index in [-0.39, 0.29) is 24.1 Å². The van der Waals surface area contributed by atoms with E-state index in [1.165, 1.54) is 0 Å². The lowest BCUT2D eigenvalue weighted by Crippen LogP contribution is -2.43. The smallest absolute Gasteiger partial charge is 0.250 e. The molecule has 1 unspecified atom stereocenters. The third-order valence-electron chi connectivity index (χ3n) is 4.31. The van der Waals surface area contributed by atoms with E-state index in [2.05, 4.69) is 5.32 Å². The first-order chi connectivity index (χ1) is 13.1. The normalized spacial score (nSPS) is 15.4. The van der Waals surface area contributed by atoms with Crippen molar-refractivity contribution in [3.05, 3.63) is 54.1 Å². The molecule has 27 heavy (non-hydrogen) atoms. The maximum Gasteiger partial charge on any atom is 0.250 e. The number of anilines is 1. The molecule has 2 amide bonds. The number of hydrogen-bond donors (Lipinski definition) is 2. The highest BCUT2D eigenvalue weighted by Crippen LogP contribution is 2.31. The average molecular weight is 369 g/mol. The van der Waals surface area contributed by atoms with Crippen LogP contribution in [0.25, 0.3) is 0 Å². The van der Waals surface area contributed by atoms with E-state index in [0.717, 1.165) is 5.75 Å². The van der Waals surface area contributed by atoms with E-state index in [4.69, 9.17) is 15.2 Å². The number of carbonyl (C=O) groups is 2. The number of fused-ring (bicyclic) bond motifs is 1. The quantitative estimate of drug-likeness (QED) is 0.777. The Morgan fingerprint density at radius 3 is 2.59 bits per heavy atom. The highest BCUT2D eigenvalue weighted by molar-refractivity contribution is 6.03. The Morgan fingerprint density at radius 1 is 1.15 bits per heavy atom. The summed E-state index contributed by atoms with van der Waals surface area (Å²) in [4.78, 5) is 25.9. The molecular weight excluding hydrogens is 346 g/mol. The van der Waals surface area contributed by atoms with Crippen LogP contribution in [0.15, 0.2) is 48.5 Å². The molecule has 1 aliphatic rings. The van der Waals surface area contributed by atoms with Crippen molar-refractivity contribution >= 4 is 17.5 Å². The SMILES string of the molecule is CCN(CC(=O)Nc1ccccc1C(N)=O)CC1COc2ccccc2O1. The van der Waals surface area contributed by atoms with Crippen molar-refractivity contribution in [2.75, 3.05) is 31.6 Å². The van der Waals surface area contributed by atoms with Crippen molar-refractivity contribution in [1.29, 1.82) is 0 Å². The Labute approximate surface area is 158 Å². The molecule has 0 spiro atoms. The molecule has 0 saturated heterocycles. The molecule has 0 fully saturated rings. The fraction of sp³-hybridized carbons (Fsp3) is 0.300. The molecule has 0 aromatic heterocycles. The molecular formula is C20H23N3O4. The predicted octanol–water partition coefficient (Wildman–Crippen LogP) is 1.89. The van der Waals surface area contributed by atoms with Crippen LogP contribution in [0.3, 0.4) is 0 Å². The molecule has 3 N–H and O–H groups in total. The summed E-state index contributed by atoms with van der Waals surface area (Å²) in [5.41, 5.74) is 6.05. The van der Waals surface area contributed by atoms with Gasteiger partial charge in [-0.05, 0) is 30.8 Å². The highest BCUT2D eigenvalue weighted by atomic mass is 16.6. The maximum absolute atomic E-state index is 12.4. The van der Waals surface area contributed by atoms with Crippen molar-refractivity contribution < 1.29 is 19.1 Å². The highest BCUT2D eigenvalue weighted by Gasteiger charge is 2.23. The molecule has 2 aromatic carbocycles. The van der Waals surface area contributed by atoms with Crippen molar-refractivity contribution in [3.63, 3.8) is 0 Å². The van der Waals surface area contributed by atoms with Gasteiger partial charge in [0.05, 0.1) is 17.8 Å². The minimum absolute atomic E-state index is 0.162. The van der Waals surface area contributed by atoms with Crippen LogP contribution in [-0.2, 0) is 4.79 Å². The molecule has 0 aliphatic carbocycles. The zero-order chi connectivity index (χ0) is 19.2. The van der Waals surface area contributed by atoms with Crippen molar-refractivity contribution in [2.45, 2.75) is 13.0 Å². The number of ether oxygens (including phenoxy) is 2. The average Bonchev–Trinajstić information content (AvgIpc) is 2.67. The molecule has 0 radical (unpaired) electrons. The second-order valence-corrected chi connectivity index (χ2v) is 6.28. The second kappa shape index (κ2) is 8.55. The Hall–Kier alpha value is -3.06. The third-order valence-corrected chi connectivity index (χ3v) is 4.31. The number of nitrogens with zero attached hydrogens (tertiary/aromatic N) is 1. The van der Waals surface area contributed by atoms with Gasteiger partial charge >= 0.3 is 0 Å². The van der Waals surface area contributed by atoms with E-state index >= 15 is 0 Å². The van der Waals surface area contributed by atoms with Gasteiger partial charge in [0, 0.05) is 6.54 Å². The van der Waals surface area contributed by atoms with Gasteiger partial charge in [0.25, 0.3) is 5.91 Å². The molecule has 142 valence electrons. The van der Waals surface area contributed by atoms with Gasteiger partial charge < -0.3 is 20.5 Å². The standard InChI is InChI=1S/C20H23N3O4/c1-2-23(11-14-13-26-17-9-5-6-10-18(17)27-14)12-19(24)22-16-8-4-3-7-15(16)20(21)25/h3-10,14H,2,11-13H2,1H3,(H2,21,25)(H,22,24). The van der Waals surface area contributed by atoms with Gasteiger partial charge in [-0.15, -0.1) is 0 Å². The van der Waals surface area contributed by atoms with Gasteiger partial charge in [0.1, 0.15) is 12.7 Å². The number of likely N-dealkylation sites (N-methyl/N-ethyl adjacent to an activating group) is 1.